The number of rotatable bonds is 9. The molecule has 5 nitrogen and oxygen atoms in total. The molecule has 2 atom stereocenters. The zero-order valence-electron chi connectivity index (χ0n) is 19.2. The van der Waals surface area contributed by atoms with Crippen LogP contribution in [0.5, 0.6) is 11.5 Å². The standard InChI is InChI=1S/C27H29O5P/c1-18-12-20(3)27(13-19(18)2)33(28,25-8-4-21(5-9-25)29-14-23-16-31-23)26-10-6-22(7-11-26)30-15-24-17-32-24/h4-13,23-24H,14-17H2,1-3H3. The van der Waals surface area contributed by atoms with E-state index in [2.05, 4.69) is 26.0 Å². The Hall–Kier alpha value is -2.59. The monoisotopic (exact) mass is 464 g/mol. The molecule has 172 valence electrons. The second-order valence-electron chi connectivity index (χ2n) is 8.85. The fourth-order valence-corrected chi connectivity index (χ4v) is 6.85. The summed E-state index contributed by atoms with van der Waals surface area (Å²) in [7, 11) is -3.11. The maximum atomic E-state index is 15.0. The minimum atomic E-state index is -3.11. The predicted octanol–water partition coefficient (Wildman–Crippen LogP) is 3.81. The van der Waals surface area contributed by atoms with Crippen molar-refractivity contribution in [2.24, 2.45) is 0 Å². The van der Waals surface area contributed by atoms with Gasteiger partial charge in [-0.15, -0.1) is 0 Å². The van der Waals surface area contributed by atoms with Crippen LogP contribution in [-0.4, -0.2) is 38.6 Å². The SMILES string of the molecule is Cc1cc(C)c(P(=O)(c2ccc(OCC3CO3)cc2)c2ccc(OCC3CO3)cc2)cc1C. The van der Waals surface area contributed by atoms with Crippen LogP contribution in [0.4, 0.5) is 0 Å². The van der Waals surface area contributed by atoms with Crippen molar-refractivity contribution in [3.8, 4) is 11.5 Å². The van der Waals surface area contributed by atoms with Crippen molar-refractivity contribution in [2.45, 2.75) is 33.0 Å². The maximum Gasteiger partial charge on any atom is 0.171 e. The van der Waals surface area contributed by atoms with Crippen molar-refractivity contribution < 1.29 is 23.5 Å². The van der Waals surface area contributed by atoms with Crippen LogP contribution < -0.4 is 25.4 Å². The molecule has 0 spiro atoms. The third-order valence-corrected chi connectivity index (χ3v) is 9.44. The summed E-state index contributed by atoms with van der Waals surface area (Å²) in [5.41, 5.74) is 3.35. The van der Waals surface area contributed by atoms with Crippen molar-refractivity contribution >= 4 is 23.1 Å². The molecule has 6 heteroatoms. The molecule has 0 saturated carbocycles. The van der Waals surface area contributed by atoms with Gasteiger partial charge in [0.1, 0.15) is 36.9 Å². The van der Waals surface area contributed by atoms with Gasteiger partial charge in [-0.05, 0) is 92.1 Å². The van der Waals surface area contributed by atoms with Crippen LogP contribution in [0, 0.1) is 20.8 Å². The summed E-state index contributed by atoms with van der Waals surface area (Å²) in [5.74, 6) is 1.51. The quantitative estimate of drug-likeness (QED) is 0.356. The van der Waals surface area contributed by atoms with Crippen LogP contribution in [0.1, 0.15) is 16.7 Å². The molecule has 0 aliphatic carbocycles. The Kier molecular flexibility index (Phi) is 6.05. The van der Waals surface area contributed by atoms with E-state index >= 15 is 0 Å². The molecule has 2 fully saturated rings. The molecule has 0 amide bonds. The number of hydrogen-bond donors (Lipinski definition) is 0. The minimum Gasteiger partial charge on any atom is -0.491 e. The first kappa shape index (κ1) is 22.2. The summed E-state index contributed by atoms with van der Waals surface area (Å²) in [6.45, 7) is 8.79. The maximum absolute atomic E-state index is 15.0. The number of aryl methyl sites for hydroxylation is 3. The van der Waals surface area contributed by atoms with Gasteiger partial charge >= 0.3 is 0 Å². The number of epoxide rings is 2. The van der Waals surface area contributed by atoms with E-state index in [1.54, 1.807) is 0 Å². The lowest BCUT2D eigenvalue weighted by Crippen LogP contribution is -2.27. The van der Waals surface area contributed by atoms with Crippen LogP contribution in [0.15, 0.2) is 60.7 Å². The molecule has 3 aromatic carbocycles. The van der Waals surface area contributed by atoms with E-state index in [9.17, 15) is 4.57 Å². The molecule has 3 aromatic rings. The number of ether oxygens (including phenoxy) is 4. The molecule has 5 rings (SSSR count). The van der Waals surface area contributed by atoms with Gasteiger partial charge in [0.15, 0.2) is 7.14 Å². The summed E-state index contributed by atoms with van der Waals surface area (Å²) < 4.78 is 37.0. The molecular formula is C27H29O5P. The Morgan fingerprint density at radius 3 is 1.58 bits per heavy atom. The molecule has 0 radical (unpaired) electrons. The molecule has 33 heavy (non-hydrogen) atoms. The highest BCUT2D eigenvalue weighted by Crippen LogP contribution is 2.44. The fraction of sp³-hybridized carbons (Fsp3) is 0.333. The van der Waals surface area contributed by atoms with Gasteiger partial charge in [-0.2, -0.15) is 0 Å². The van der Waals surface area contributed by atoms with Gasteiger partial charge in [0.25, 0.3) is 0 Å². The molecule has 2 saturated heterocycles. The van der Waals surface area contributed by atoms with Gasteiger partial charge in [0.2, 0.25) is 0 Å². The van der Waals surface area contributed by atoms with Crippen molar-refractivity contribution in [1.29, 1.82) is 0 Å². The molecule has 0 bridgehead atoms. The van der Waals surface area contributed by atoms with E-state index in [4.69, 9.17) is 18.9 Å². The molecule has 2 aliphatic rings. The summed E-state index contributed by atoms with van der Waals surface area (Å²) in [5, 5.41) is 2.43. The Morgan fingerprint density at radius 2 is 1.15 bits per heavy atom. The van der Waals surface area contributed by atoms with Crippen molar-refractivity contribution in [3.05, 3.63) is 77.4 Å². The molecule has 0 N–H and O–H groups in total. The third-order valence-electron chi connectivity index (χ3n) is 6.23. The first-order valence-electron chi connectivity index (χ1n) is 11.3. The second kappa shape index (κ2) is 8.98. The first-order chi connectivity index (χ1) is 15.9. The van der Waals surface area contributed by atoms with Crippen LogP contribution >= 0.6 is 7.14 Å². The topological polar surface area (TPSA) is 60.6 Å². The fourth-order valence-electron chi connectivity index (χ4n) is 3.92. The largest absolute Gasteiger partial charge is 0.491 e. The zero-order chi connectivity index (χ0) is 23.0. The summed E-state index contributed by atoms with van der Waals surface area (Å²) in [6.07, 6.45) is 0.391. The van der Waals surface area contributed by atoms with E-state index in [1.165, 1.54) is 5.56 Å². The lowest BCUT2D eigenvalue weighted by atomic mass is 10.1. The number of benzene rings is 3. The number of hydrogen-bond acceptors (Lipinski definition) is 5. The van der Waals surface area contributed by atoms with Crippen LogP contribution in [0.25, 0.3) is 0 Å². The highest BCUT2D eigenvalue weighted by Gasteiger charge is 2.32. The highest BCUT2D eigenvalue weighted by atomic mass is 31.2. The van der Waals surface area contributed by atoms with E-state index in [0.717, 1.165) is 51.8 Å². The van der Waals surface area contributed by atoms with Gasteiger partial charge < -0.3 is 23.5 Å². The van der Waals surface area contributed by atoms with Crippen molar-refractivity contribution in [2.75, 3.05) is 26.4 Å². The predicted molar refractivity (Wildman–Crippen MR) is 131 cm³/mol. The normalized spacial score (nSPS) is 20.7. The lowest BCUT2D eigenvalue weighted by Gasteiger charge is -2.23. The van der Waals surface area contributed by atoms with Crippen LogP contribution in [0.3, 0.4) is 0 Å². The summed E-state index contributed by atoms with van der Waals surface area (Å²) >= 11 is 0. The third kappa shape index (κ3) is 4.86. The second-order valence-corrected chi connectivity index (χ2v) is 11.6. The van der Waals surface area contributed by atoms with Crippen molar-refractivity contribution in [1.82, 2.24) is 0 Å². The Labute approximate surface area is 195 Å². The Morgan fingerprint density at radius 1 is 0.727 bits per heavy atom. The highest BCUT2D eigenvalue weighted by molar-refractivity contribution is 7.85. The zero-order valence-corrected chi connectivity index (χ0v) is 20.1. The van der Waals surface area contributed by atoms with Gasteiger partial charge in [0.05, 0.1) is 13.2 Å². The summed E-state index contributed by atoms with van der Waals surface area (Å²) in [6, 6.07) is 19.5. The van der Waals surface area contributed by atoms with Gasteiger partial charge in [-0.1, -0.05) is 6.07 Å². The Bertz CT molecular complexity index is 1110. The van der Waals surface area contributed by atoms with Crippen molar-refractivity contribution in [3.63, 3.8) is 0 Å². The Balaban J connectivity index is 1.51. The lowest BCUT2D eigenvalue weighted by molar-refractivity contribution is 0.263. The van der Waals surface area contributed by atoms with Gasteiger partial charge in [0, 0.05) is 15.9 Å². The van der Waals surface area contributed by atoms with Crippen LogP contribution in [-0.2, 0) is 14.0 Å². The summed E-state index contributed by atoms with van der Waals surface area (Å²) in [4.78, 5) is 0. The minimum absolute atomic E-state index is 0.196. The molecule has 2 unspecified atom stereocenters. The van der Waals surface area contributed by atoms with E-state index in [1.807, 2.05) is 55.5 Å². The molecule has 2 heterocycles. The van der Waals surface area contributed by atoms with E-state index in [0.29, 0.717) is 13.2 Å². The smallest absolute Gasteiger partial charge is 0.171 e. The van der Waals surface area contributed by atoms with E-state index in [-0.39, 0.29) is 12.2 Å². The molecule has 0 aromatic heterocycles. The van der Waals surface area contributed by atoms with Gasteiger partial charge in [-0.25, -0.2) is 0 Å². The van der Waals surface area contributed by atoms with Gasteiger partial charge in [-0.3, -0.25) is 0 Å². The average molecular weight is 464 g/mol. The first-order valence-corrected chi connectivity index (χ1v) is 13.0. The van der Waals surface area contributed by atoms with E-state index < -0.39 is 7.14 Å². The molecule has 2 aliphatic heterocycles. The van der Waals surface area contributed by atoms with Crippen LogP contribution in [0.2, 0.25) is 0 Å². The molecular weight excluding hydrogens is 435 g/mol. The average Bonchev–Trinajstić information content (AvgIpc) is 3.74.